The van der Waals surface area contributed by atoms with E-state index in [9.17, 15) is 4.39 Å². The zero-order valence-electron chi connectivity index (χ0n) is 9.70. The zero-order valence-corrected chi connectivity index (χ0v) is 9.70. The molecule has 0 aliphatic carbocycles. The maximum absolute atomic E-state index is 13.5. The van der Waals surface area contributed by atoms with Crippen LogP contribution < -0.4 is 11.1 Å². The molecule has 3 N–H and O–H groups in total. The second kappa shape index (κ2) is 4.87. The lowest BCUT2D eigenvalue weighted by atomic mass is 10.1. The summed E-state index contributed by atoms with van der Waals surface area (Å²) < 4.78 is 13.5. The van der Waals surface area contributed by atoms with Gasteiger partial charge in [0.2, 0.25) is 0 Å². The fraction of sp³-hybridized carbons (Fsp3) is 0.143. The Kier molecular flexibility index (Phi) is 3.28. The molecule has 2 aromatic rings. The van der Waals surface area contributed by atoms with E-state index in [1.807, 2.05) is 31.2 Å². The highest BCUT2D eigenvalue weighted by molar-refractivity contribution is 5.51. The molecule has 3 heteroatoms. The predicted octanol–water partition coefficient (Wildman–Crippen LogP) is 3.33. The molecule has 0 aliphatic heterocycles. The second-order valence-electron chi connectivity index (χ2n) is 4.04. The van der Waals surface area contributed by atoms with Gasteiger partial charge in [-0.1, -0.05) is 24.3 Å². The molecule has 0 heterocycles. The normalized spacial score (nSPS) is 10.2. The van der Waals surface area contributed by atoms with Crippen molar-refractivity contribution in [3.05, 3.63) is 59.4 Å². The van der Waals surface area contributed by atoms with Gasteiger partial charge in [-0.15, -0.1) is 0 Å². The lowest BCUT2D eigenvalue weighted by molar-refractivity contribution is 0.629. The van der Waals surface area contributed by atoms with Gasteiger partial charge in [0.15, 0.2) is 0 Å². The summed E-state index contributed by atoms with van der Waals surface area (Å²) in [6.45, 7) is 2.45. The summed E-state index contributed by atoms with van der Waals surface area (Å²) >= 11 is 0. The first-order valence-corrected chi connectivity index (χ1v) is 5.50. The minimum atomic E-state index is -0.245. The number of halogens is 1. The average molecular weight is 230 g/mol. The Morgan fingerprint density at radius 1 is 1.18 bits per heavy atom. The standard InChI is InChI=1S/C14H15FN2/c1-10-6-7-12(15)14(8-10)17-9-11-4-2-3-5-13(11)16/h2-8,17H,9,16H2,1H3. The van der Waals surface area contributed by atoms with Gasteiger partial charge < -0.3 is 11.1 Å². The number of anilines is 2. The van der Waals surface area contributed by atoms with Crippen LogP contribution in [0.4, 0.5) is 15.8 Å². The summed E-state index contributed by atoms with van der Waals surface area (Å²) in [5.74, 6) is -0.245. The van der Waals surface area contributed by atoms with Crippen molar-refractivity contribution in [2.24, 2.45) is 0 Å². The van der Waals surface area contributed by atoms with Crippen LogP contribution in [0, 0.1) is 12.7 Å². The Morgan fingerprint density at radius 2 is 1.94 bits per heavy atom. The van der Waals surface area contributed by atoms with Crippen molar-refractivity contribution in [1.82, 2.24) is 0 Å². The van der Waals surface area contributed by atoms with E-state index in [0.29, 0.717) is 17.9 Å². The Balaban J connectivity index is 2.12. The highest BCUT2D eigenvalue weighted by Gasteiger charge is 2.03. The van der Waals surface area contributed by atoms with Crippen LogP contribution in [0.5, 0.6) is 0 Å². The number of benzene rings is 2. The number of hydrogen-bond acceptors (Lipinski definition) is 2. The second-order valence-corrected chi connectivity index (χ2v) is 4.04. The van der Waals surface area contributed by atoms with E-state index in [4.69, 9.17) is 5.73 Å². The maximum atomic E-state index is 13.5. The minimum absolute atomic E-state index is 0.245. The Labute approximate surface area is 100 Å². The van der Waals surface area contributed by atoms with Gasteiger partial charge in [0.25, 0.3) is 0 Å². The van der Waals surface area contributed by atoms with Gasteiger partial charge in [-0.25, -0.2) is 4.39 Å². The van der Waals surface area contributed by atoms with Crippen molar-refractivity contribution < 1.29 is 4.39 Å². The van der Waals surface area contributed by atoms with Gasteiger partial charge >= 0.3 is 0 Å². The van der Waals surface area contributed by atoms with E-state index < -0.39 is 0 Å². The van der Waals surface area contributed by atoms with Crippen LogP contribution in [-0.4, -0.2) is 0 Å². The quantitative estimate of drug-likeness (QED) is 0.794. The molecule has 17 heavy (non-hydrogen) atoms. The number of hydrogen-bond donors (Lipinski definition) is 2. The third kappa shape index (κ3) is 2.75. The molecule has 2 nitrogen and oxygen atoms in total. The molecule has 0 unspecified atom stereocenters. The van der Waals surface area contributed by atoms with E-state index in [2.05, 4.69) is 5.32 Å². The van der Waals surface area contributed by atoms with Gasteiger partial charge in [-0.3, -0.25) is 0 Å². The van der Waals surface area contributed by atoms with Crippen LogP contribution in [0.25, 0.3) is 0 Å². The number of rotatable bonds is 3. The number of para-hydroxylation sites is 1. The first-order chi connectivity index (χ1) is 8.16. The lowest BCUT2D eigenvalue weighted by Gasteiger charge is -2.10. The number of nitrogen functional groups attached to an aromatic ring is 1. The minimum Gasteiger partial charge on any atom is -0.398 e. The first kappa shape index (κ1) is 11.5. The van der Waals surface area contributed by atoms with E-state index in [-0.39, 0.29) is 5.82 Å². The molecule has 0 saturated heterocycles. The number of nitrogens with two attached hydrogens (primary N) is 1. The molecule has 0 bridgehead atoms. The van der Waals surface area contributed by atoms with Gasteiger partial charge in [0.1, 0.15) is 5.82 Å². The van der Waals surface area contributed by atoms with Crippen molar-refractivity contribution in [2.75, 3.05) is 11.1 Å². The topological polar surface area (TPSA) is 38.0 Å². The van der Waals surface area contributed by atoms with E-state index in [1.165, 1.54) is 6.07 Å². The summed E-state index contributed by atoms with van der Waals surface area (Å²) in [6, 6.07) is 12.6. The lowest BCUT2D eigenvalue weighted by Crippen LogP contribution is -2.04. The SMILES string of the molecule is Cc1ccc(F)c(NCc2ccccc2N)c1. The number of aryl methyl sites for hydroxylation is 1. The highest BCUT2D eigenvalue weighted by atomic mass is 19.1. The molecule has 88 valence electrons. The highest BCUT2D eigenvalue weighted by Crippen LogP contribution is 2.18. The van der Waals surface area contributed by atoms with Crippen LogP contribution in [-0.2, 0) is 6.54 Å². The van der Waals surface area contributed by atoms with Crippen molar-refractivity contribution in [3.63, 3.8) is 0 Å². The molecule has 2 rings (SSSR count). The van der Waals surface area contributed by atoms with Crippen molar-refractivity contribution in [3.8, 4) is 0 Å². The van der Waals surface area contributed by atoms with Gasteiger partial charge in [-0.05, 0) is 36.2 Å². The van der Waals surface area contributed by atoms with Gasteiger partial charge in [-0.2, -0.15) is 0 Å². The predicted molar refractivity (Wildman–Crippen MR) is 69.3 cm³/mol. The van der Waals surface area contributed by atoms with Crippen LogP contribution in [0.2, 0.25) is 0 Å². The van der Waals surface area contributed by atoms with E-state index >= 15 is 0 Å². The fourth-order valence-corrected chi connectivity index (χ4v) is 1.66. The molecule has 0 fully saturated rings. The third-order valence-electron chi connectivity index (χ3n) is 2.65. The zero-order chi connectivity index (χ0) is 12.3. The van der Waals surface area contributed by atoms with Crippen LogP contribution in [0.1, 0.15) is 11.1 Å². The molecule has 0 radical (unpaired) electrons. The third-order valence-corrected chi connectivity index (χ3v) is 2.65. The van der Waals surface area contributed by atoms with Crippen LogP contribution >= 0.6 is 0 Å². The van der Waals surface area contributed by atoms with Gasteiger partial charge in [0.05, 0.1) is 5.69 Å². The fourth-order valence-electron chi connectivity index (χ4n) is 1.66. The maximum Gasteiger partial charge on any atom is 0.146 e. The van der Waals surface area contributed by atoms with Crippen molar-refractivity contribution >= 4 is 11.4 Å². The summed E-state index contributed by atoms with van der Waals surface area (Å²) in [5.41, 5.74) is 9.03. The molecule has 0 aliphatic rings. The van der Waals surface area contributed by atoms with Crippen LogP contribution in [0.3, 0.4) is 0 Å². The van der Waals surface area contributed by atoms with Crippen LogP contribution in [0.15, 0.2) is 42.5 Å². The molecule has 2 aromatic carbocycles. The van der Waals surface area contributed by atoms with Gasteiger partial charge in [0, 0.05) is 12.2 Å². The molecule has 0 amide bonds. The Hall–Kier alpha value is -2.03. The summed E-state index contributed by atoms with van der Waals surface area (Å²) in [5, 5.41) is 3.06. The average Bonchev–Trinajstić information content (AvgIpc) is 2.32. The molecule has 0 spiro atoms. The van der Waals surface area contributed by atoms with E-state index in [0.717, 1.165) is 11.1 Å². The monoisotopic (exact) mass is 230 g/mol. The number of nitrogens with one attached hydrogen (secondary N) is 1. The molecule has 0 saturated carbocycles. The molecule has 0 atom stereocenters. The molecular weight excluding hydrogens is 215 g/mol. The largest absolute Gasteiger partial charge is 0.398 e. The smallest absolute Gasteiger partial charge is 0.146 e. The van der Waals surface area contributed by atoms with Crippen molar-refractivity contribution in [2.45, 2.75) is 13.5 Å². The summed E-state index contributed by atoms with van der Waals surface area (Å²) in [7, 11) is 0. The Bertz CT molecular complexity index is 523. The van der Waals surface area contributed by atoms with Crippen molar-refractivity contribution in [1.29, 1.82) is 0 Å². The van der Waals surface area contributed by atoms with E-state index in [1.54, 1.807) is 12.1 Å². The Morgan fingerprint density at radius 3 is 2.71 bits per heavy atom. The molecule has 0 aromatic heterocycles. The molecular formula is C14H15FN2. The summed E-state index contributed by atoms with van der Waals surface area (Å²) in [6.07, 6.45) is 0. The first-order valence-electron chi connectivity index (χ1n) is 5.50. The summed E-state index contributed by atoms with van der Waals surface area (Å²) in [4.78, 5) is 0.